The molecule has 0 bridgehead atoms. The molecular formula is C17H18N4O2. The highest BCUT2D eigenvalue weighted by Crippen LogP contribution is 2.34. The molecule has 3 rings (SSSR count). The van der Waals surface area contributed by atoms with E-state index in [1.807, 2.05) is 0 Å². The summed E-state index contributed by atoms with van der Waals surface area (Å²) in [5, 5.41) is 10.8. The molecule has 2 aromatic rings. The monoisotopic (exact) mass is 310 g/mol. The summed E-state index contributed by atoms with van der Waals surface area (Å²) in [7, 11) is 1.50. The van der Waals surface area contributed by atoms with E-state index in [0.717, 1.165) is 37.1 Å². The van der Waals surface area contributed by atoms with Crippen LogP contribution in [0.25, 0.3) is 10.8 Å². The lowest BCUT2D eigenvalue weighted by molar-refractivity contribution is 0.0997. The van der Waals surface area contributed by atoms with E-state index >= 15 is 0 Å². The first kappa shape index (κ1) is 15.1. The summed E-state index contributed by atoms with van der Waals surface area (Å²) in [6.07, 6.45) is 5.03. The number of rotatable bonds is 3. The van der Waals surface area contributed by atoms with Crippen molar-refractivity contribution in [3.63, 3.8) is 0 Å². The summed E-state index contributed by atoms with van der Waals surface area (Å²) < 4.78 is 5.30. The normalized spacial score (nSPS) is 14.5. The second kappa shape index (κ2) is 6.13. The van der Waals surface area contributed by atoms with Crippen LogP contribution in [0.4, 0.5) is 5.82 Å². The van der Waals surface area contributed by atoms with E-state index in [4.69, 9.17) is 10.5 Å². The number of amides is 1. The Kier molecular flexibility index (Phi) is 4.02. The number of hydrogen-bond donors (Lipinski definition) is 1. The minimum Gasteiger partial charge on any atom is -0.496 e. The third-order valence-electron chi connectivity index (χ3n) is 4.23. The summed E-state index contributed by atoms with van der Waals surface area (Å²) in [6.45, 7) is 1.88. The molecule has 0 spiro atoms. The molecule has 0 saturated carbocycles. The van der Waals surface area contributed by atoms with Gasteiger partial charge in [0.2, 0.25) is 0 Å². The maximum Gasteiger partial charge on any atom is 0.252 e. The Balaban J connectivity index is 2.26. The van der Waals surface area contributed by atoms with Crippen molar-refractivity contribution in [2.75, 3.05) is 25.1 Å². The number of fused-ring (bicyclic) bond motifs is 1. The Labute approximate surface area is 134 Å². The summed E-state index contributed by atoms with van der Waals surface area (Å²) in [5.41, 5.74) is 6.12. The molecule has 1 aromatic carbocycles. The van der Waals surface area contributed by atoms with Crippen molar-refractivity contribution in [2.24, 2.45) is 5.73 Å². The van der Waals surface area contributed by atoms with Gasteiger partial charge in [-0.15, -0.1) is 0 Å². The summed E-state index contributed by atoms with van der Waals surface area (Å²) in [5.74, 6) is 0.650. The second-order valence-electron chi connectivity index (χ2n) is 5.62. The smallest absolute Gasteiger partial charge is 0.252 e. The molecule has 1 saturated heterocycles. The molecule has 2 heterocycles. The van der Waals surface area contributed by atoms with E-state index < -0.39 is 5.91 Å². The Bertz CT molecular complexity index is 804. The van der Waals surface area contributed by atoms with Gasteiger partial charge in [-0.2, -0.15) is 5.26 Å². The number of pyridine rings is 1. The topological polar surface area (TPSA) is 92.2 Å². The number of primary amides is 1. The Morgan fingerprint density at radius 2 is 2.04 bits per heavy atom. The van der Waals surface area contributed by atoms with Crippen molar-refractivity contribution >= 4 is 22.5 Å². The molecule has 2 N–H and O–H groups in total. The first-order valence-electron chi connectivity index (χ1n) is 7.61. The molecule has 6 heteroatoms. The Morgan fingerprint density at radius 1 is 1.30 bits per heavy atom. The van der Waals surface area contributed by atoms with Crippen LogP contribution < -0.4 is 15.4 Å². The van der Waals surface area contributed by atoms with Gasteiger partial charge in [-0.3, -0.25) is 4.79 Å². The number of methoxy groups -OCH3 is 1. The summed E-state index contributed by atoms with van der Waals surface area (Å²) in [6, 6.07) is 5.52. The quantitative estimate of drug-likeness (QED) is 0.938. The van der Waals surface area contributed by atoms with Crippen LogP contribution in [-0.2, 0) is 0 Å². The van der Waals surface area contributed by atoms with E-state index in [1.165, 1.54) is 13.5 Å². The lowest BCUT2D eigenvalue weighted by Crippen LogP contribution is -2.30. The highest BCUT2D eigenvalue weighted by Gasteiger charge is 2.20. The Morgan fingerprint density at radius 3 is 2.65 bits per heavy atom. The number of piperidine rings is 1. The number of carbonyl (C=O) groups excluding carboxylic acids is 1. The van der Waals surface area contributed by atoms with Crippen LogP contribution in [0.3, 0.4) is 0 Å². The maximum atomic E-state index is 11.6. The molecule has 1 amide bonds. The average Bonchev–Trinajstić information content (AvgIpc) is 2.60. The van der Waals surface area contributed by atoms with Crippen molar-refractivity contribution in [3.8, 4) is 11.8 Å². The van der Waals surface area contributed by atoms with Gasteiger partial charge in [0, 0.05) is 30.1 Å². The van der Waals surface area contributed by atoms with Gasteiger partial charge in [-0.25, -0.2) is 4.98 Å². The van der Waals surface area contributed by atoms with Crippen LogP contribution >= 0.6 is 0 Å². The number of anilines is 1. The van der Waals surface area contributed by atoms with Gasteiger partial charge >= 0.3 is 0 Å². The molecule has 23 heavy (non-hydrogen) atoms. The van der Waals surface area contributed by atoms with Gasteiger partial charge in [0.25, 0.3) is 5.91 Å². The lowest BCUT2D eigenvalue weighted by Gasteiger charge is -2.29. The highest BCUT2D eigenvalue weighted by atomic mass is 16.5. The minimum atomic E-state index is -0.580. The summed E-state index contributed by atoms with van der Waals surface area (Å²) >= 11 is 0. The van der Waals surface area contributed by atoms with Crippen LogP contribution in [0.2, 0.25) is 0 Å². The van der Waals surface area contributed by atoms with Crippen molar-refractivity contribution in [1.29, 1.82) is 5.26 Å². The predicted molar refractivity (Wildman–Crippen MR) is 87.6 cm³/mol. The Hall–Kier alpha value is -2.81. The van der Waals surface area contributed by atoms with E-state index in [9.17, 15) is 10.1 Å². The van der Waals surface area contributed by atoms with Crippen molar-refractivity contribution in [3.05, 3.63) is 29.5 Å². The number of hydrogen-bond acceptors (Lipinski definition) is 5. The van der Waals surface area contributed by atoms with Crippen LogP contribution in [-0.4, -0.2) is 31.1 Å². The minimum absolute atomic E-state index is 0.271. The standard InChI is InChI=1S/C17H18N4O2/c1-23-15-8-13-12(7-14(15)16(19)22)11(9-18)10-20-17(13)21-5-3-2-4-6-21/h7-8,10H,2-6H2,1H3,(H2,19,22). The van der Waals surface area contributed by atoms with Crippen molar-refractivity contribution < 1.29 is 9.53 Å². The molecule has 0 unspecified atom stereocenters. The van der Waals surface area contributed by atoms with Gasteiger partial charge < -0.3 is 15.4 Å². The summed E-state index contributed by atoms with van der Waals surface area (Å²) in [4.78, 5) is 18.3. The van der Waals surface area contributed by atoms with Gasteiger partial charge in [0.05, 0.1) is 18.2 Å². The van der Waals surface area contributed by atoms with E-state index in [-0.39, 0.29) is 5.56 Å². The number of ether oxygens (including phenoxy) is 1. The van der Waals surface area contributed by atoms with Crippen LogP contribution in [0, 0.1) is 11.3 Å². The van der Waals surface area contributed by atoms with Crippen LogP contribution in [0.15, 0.2) is 18.3 Å². The van der Waals surface area contributed by atoms with E-state index in [2.05, 4.69) is 16.0 Å². The fourth-order valence-electron chi connectivity index (χ4n) is 3.06. The molecule has 0 aliphatic carbocycles. The zero-order chi connectivity index (χ0) is 16.4. The number of nitriles is 1. The van der Waals surface area contributed by atoms with Crippen molar-refractivity contribution in [2.45, 2.75) is 19.3 Å². The first-order valence-corrected chi connectivity index (χ1v) is 7.61. The van der Waals surface area contributed by atoms with Crippen LogP contribution in [0.1, 0.15) is 35.2 Å². The third-order valence-corrected chi connectivity index (χ3v) is 4.23. The third kappa shape index (κ3) is 2.66. The molecular weight excluding hydrogens is 292 g/mol. The second-order valence-corrected chi connectivity index (χ2v) is 5.62. The molecule has 1 aliphatic heterocycles. The molecule has 0 atom stereocenters. The maximum absolute atomic E-state index is 11.6. The van der Waals surface area contributed by atoms with Gasteiger partial charge in [0.1, 0.15) is 17.6 Å². The molecule has 1 aliphatic rings. The average molecular weight is 310 g/mol. The SMILES string of the molecule is COc1cc2c(N3CCCCC3)ncc(C#N)c2cc1C(N)=O. The van der Waals surface area contributed by atoms with Gasteiger partial charge in [-0.05, 0) is 31.4 Å². The highest BCUT2D eigenvalue weighted by molar-refractivity contribution is 6.04. The number of nitrogens with zero attached hydrogens (tertiary/aromatic N) is 3. The number of carbonyl (C=O) groups is 1. The molecule has 118 valence electrons. The number of nitrogens with two attached hydrogens (primary N) is 1. The molecule has 0 radical (unpaired) electrons. The van der Waals surface area contributed by atoms with Gasteiger partial charge in [-0.1, -0.05) is 0 Å². The number of benzene rings is 1. The zero-order valence-electron chi connectivity index (χ0n) is 13.0. The fourth-order valence-corrected chi connectivity index (χ4v) is 3.06. The number of aromatic nitrogens is 1. The molecule has 1 fully saturated rings. The predicted octanol–water partition coefficient (Wildman–Crippen LogP) is 2.20. The zero-order valence-corrected chi connectivity index (χ0v) is 13.0. The van der Waals surface area contributed by atoms with E-state index in [1.54, 1.807) is 18.3 Å². The van der Waals surface area contributed by atoms with E-state index in [0.29, 0.717) is 16.7 Å². The van der Waals surface area contributed by atoms with Gasteiger partial charge in [0.15, 0.2) is 0 Å². The fraction of sp³-hybridized carbons (Fsp3) is 0.353. The van der Waals surface area contributed by atoms with Crippen LogP contribution in [0.5, 0.6) is 5.75 Å². The van der Waals surface area contributed by atoms with Crippen molar-refractivity contribution in [1.82, 2.24) is 4.98 Å². The largest absolute Gasteiger partial charge is 0.496 e. The first-order chi connectivity index (χ1) is 11.2. The lowest BCUT2D eigenvalue weighted by atomic mass is 10.0. The molecule has 1 aromatic heterocycles. The molecule has 6 nitrogen and oxygen atoms in total.